The number of rotatable bonds is 8. The van der Waals surface area contributed by atoms with E-state index in [-0.39, 0.29) is 29.9 Å². The second-order valence-corrected chi connectivity index (χ2v) is 8.01. The van der Waals surface area contributed by atoms with Crippen LogP contribution in [0.1, 0.15) is 31.7 Å². The first kappa shape index (κ1) is 25.5. The predicted octanol–water partition coefficient (Wildman–Crippen LogP) is 2.34. The molecule has 7 nitrogen and oxygen atoms in total. The van der Waals surface area contributed by atoms with Crippen LogP contribution < -0.4 is 20.9 Å². The van der Waals surface area contributed by atoms with Crippen molar-refractivity contribution in [2.24, 2.45) is 4.99 Å². The molecule has 3 rings (SSSR count). The number of likely N-dealkylation sites (tertiary alicyclic amines) is 1. The van der Waals surface area contributed by atoms with E-state index in [0.29, 0.717) is 12.6 Å². The van der Waals surface area contributed by atoms with E-state index in [4.69, 9.17) is 0 Å². The topological polar surface area (TPSA) is 72.0 Å². The first-order valence-corrected chi connectivity index (χ1v) is 11.1. The van der Waals surface area contributed by atoms with Crippen LogP contribution in [-0.4, -0.2) is 69.1 Å². The molecule has 0 aromatic heterocycles. The number of piperidine rings is 1. The second kappa shape index (κ2) is 13.6. The van der Waals surface area contributed by atoms with Gasteiger partial charge in [0.2, 0.25) is 5.91 Å². The number of carbonyl (C=O) groups is 1. The molecule has 2 aliphatic rings. The molecule has 1 aromatic carbocycles. The minimum atomic E-state index is 0. The molecule has 1 saturated heterocycles. The molecule has 8 heteroatoms. The third kappa shape index (κ3) is 8.33. The van der Waals surface area contributed by atoms with Crippen LogP contribution in [0.3, 0.4) is 0 Å². The Balaban J connectivity index is 0.00000341. The Hall–Kier alpha value is -1.81. The maximum atomic E-state index is 11.9. The average molecular weight is 540 g/mol. The van der Waals surface area contributed by atoms with Crippen molar-refractivity contribution in [1.82, 2.24) is 20.9 Å². The van der Waals surface area contributed by atoms with Crippen molar-refractivity contribution < 1.29 is 4.79 Å². The molecule has 1 amide bonds. The van der Waals surface area contributed by atoms with E-state index in [2.05, 4.69) is 74.1 Å². The van der Waals surface area contributed by atoms with Gasteiger partial charge in [-0.1, -0.05) is 31.2 Å². The van der Waals surface area contributed by atoms with Gasteiger partial charge in [-0.25, -0.2) is 0 Å². The first-order valence-electron chi connectivity index (χ1n) is 11.1. The molecule has 0 saturated carbocycles. The Morgan fingerprint density at radius 2 is 1.77 bits per heavy atom. The largest absolute Gasteiger partial charge is 0.364 e. The van der Waals surface area contributed by atoms with Crippen molar-refractivity contribution in [3.8, 4) is 0 Å². The lowest BCUT2D eigenvalue weighted by Crippen LogP contribution is -2.50. The summed E-state index contributed by atoms with van der Waals surface area (Å²) in [5, 5.41) is 9.91. The minimum absolute atomic E-state index is 0. The van der Waals surface area contributed by atoms with Crippen LogP contribution in [0.15, 0.2) is 41.4 Å². The van der Waals surface area contributed by atoms with E-state index in [1.54, 1.807) is 0 Å². The highest BCUT2D eigenvalue weighted by Crippen LogP contribution is 2.17. The fraction of sp³-hybridized carbons (Fsp3) is 0.565. The van der Waals surface area contributed by atoms with Gasteiger partial charge in [0.1, 0.15) is 0 Å². The maximum Gasteiger partial charge on any atom is 0.234 e. The summed E-state index contributed by atoms with van der Waals surface area (Å²) in [6.07, 6.45) is 7.41. The second-order valence-electron chi connectivity index (χ2n) is 8.01. The summed E-state index contributed by atoms with van der Waals surface area (Å²) in [6.45, 7) is 7.93. The zero-order valence-corrected chi connectivity index (χ0v) is 21.1. The molecule has 0 unspecified atom stereocenters. The van der Waals surface area contributed by atoms with Gasteiger partial charge >= 0.3 is 0 Å². The number of hydrogen-bond donors (Lipinski definition) is 3. The third-order valence-corrected chi connectivity index (χ3v) is 5.67. The summed E-state index contributed by atoms with van der Waals surface area (Å²) in [5.41, 5.74) is 2.50. The highest BCUT2D eigenvalue weighted by atomic mass is 127. The highest BCUT2D eigenvalue weighted by Gasteiger charge is 2.21. The fourth-order valence-corrected chi connectivity index (χ4v) is 3.85. The maximum absolute atomic E-state index is 11.9. The third-order valence-electron chi connectivity index (χ3n) is 5.67. The SMILES string of the molecule is CCCNC(=O)CN1CCC(NC(=NC)NCc2ccc(N3CC=CC3)cc2)CC1.I. The van der Waals surface area contributed by atoms with Crippen molar-refractivity contribution in [3.63, 3.8) is 0 Å². The average Bonchev–Trinajstić information content (AvgIpc) is 3.31. The molecular formula is C23H37IN6O. The molecule has 1 fully saturated rings. The highest BCUT2D eigenvalue weighted by molar-refractivity contribution is 14.0. The van der Waals surface area contributed by atoms with Gasteiger partial charge in [-0.3, -0.25) is 14.7 Å². The van der Waals surface area contributed by atoms with E-state index in [1.807, 2.05) is 7.05 Å². The summed E-state index contributed by atoms with van der Waals surface area (Å²) in [6, 6.07) is 9.11. The van der Waals surface area contributed by atoms with E-state index in [9.17, 15) is 4.79 Å². The molecule has 0 bridgehead atoms. The van der Waals surface area contributed by atoms with Gasteiger partial charge in [0.05, 0.1) is 6.54 Å². The van der Waals surface area contributed by atoms with Crippen LogP contribution in [0.5, 0.6) is 0 Å². The quantitative estimate of drug-likeness (QED) is 0.205. The molecule has 1 aromatic rings. The van der Waals surface area contributed by atoms with Crippen LogP contribution in [0, 0.1) is 0 Å². The van der Waals surface area contributed by atoms with E-state index < -0.39 is 0 Å². The number of hydrogen-bond acceptors (Lipinski definition) is 4. The van der Waals surface area contributed by atoms with Gasteiger partial charge < -0.3 is 20.9 Å². The summed E-state index contributed by atoms with van der Waals surface area (Å²) in [4.78, 5) is 20.8. The van der Waals surface area contributed by atoms with E-state index >= 15 is 0 Å². The fourth-order valence-electron chi connectivity index (χ4n) is 3.85. The number of nitrogens with one attached hydrogen (secondary N) is 3. The summed E-state index contributed by atoms with van der Waals surface area (Å²) in [7, 11) is 1.81. The number of benzene rings is 1. The zero-order chi connectivity index (χ0) is 21.2. The predicted molar refractivity (Wildman–Crippen MR) is 139 cm³/mol. The smallest absolute Gasteiger partial charge is 0.234 e. The number of guanidine groups is 1. The number of aliphatic imine (C=N–C) groups is 1. The van der Waals surface area contributed by atoms with Crippen LogP contribution in [0.25, 0.3) is 0 Å². The normalized spacial score (nSPS) is 17.4. The van der Waals surface area contributed by atoms with Crippen LogP contribution in [-0.2, 0) is 11.3 Å². The van der Waals surface area contributed by atoms with Gasteiger partial charge in [0.25, 0.3) is 0 Å². The number of amides is 1. The van der Waals surface area contributed by atoms with Gasteiger partial charge in [0.15, 0.2) is 5.96 Å². The Labute approximate surface area is 203 Å². The van der Waals surface area contributed by atoms with Crippen molar-refractivity contribution in [2.75, 3.05) is 51.2 Å². The number of anilines is 1. The van der Waals surface area contributed by atoms with Crippen LogP contribution in [0.4, 0.5) is 5.69 Å². The summed E-state index contributed by atoms with van der Waals surface area (Å²) < 4.78 is 0. The number of halogens is 1. The standard InChI is InChI=1S/C23H36N6O.HI/c1-3-12-25-22(30)18-28-15-10-20(11-16-28)27-23(24-2)26-17-19-6-8-21(9-7-19)29-13-4-5-14-29;/h4-9,20H,3,10-18H2,1-2H3,(H,25,30)(H2,24,26,27);1H. The van der Waals surface area contributed by atoms with Gasteiger partial charge in [0, 0.05) is 58.0 Å². The molecule has 0 radical (unpaired) electrons. The number of carbonyl (C=O) groups excluding carboxylic acids is 1. The van der Waals surface area contributed by atoms with Crippen LogP contribution >= 0.6 is 24.0 Å². The lowest BCUT2D eigenvalue weighted by molar-refractivity contribution is -0.122. The Morgan fingerprint density at radius 3 is 2.39 bits per heavy atom. The molecule has 2 heterocycles. The van der Waals surface area contributed by atoms with Crippen LogP contribution in [0.2, 0.25) is 0 Å². The minimum Gasteiger partial charge on any atom is -0.364 e. The van der Waals surface area contributed by atoms with E-state index in [0.717, 1.165) is 64.5 Å². The molecule has 172 valence electrons. The number of nitrogens with zero attached hydrogens (tertiary/aromatic N) is 3. The molecule has 31 heavy (non-hydrogen) atoms. The van der Waals surface area contributed by atoms with E-state index in [1.165, 1.54) is 11.3 Å². The Morgan fingerprint density at radius 1 is 1.10 bits per heavy atom. The Bertz CT molecular complexity index is 720. The van der Waals surface area contributed by atoms with Gasteiger partial charge in [-0.2, -0.15) is 0 Å². The zero-order valence-electron chi connectivity index (χ0n) is 18.8. The molecule has 0 aliphatic carbocycles. The van der Waals surface area contributed by atoms with Crippen molar-refractivity contribution in [1.29, 1.82) is 0 Å². The lowest BCUT2D eigenvalue weighted by Gasteiger charge is -2.32. The molecule has 2 aliphatic heterocycles. The van der Waals surface area contributed by atoms with Crippen molar-refractivity contribution in [2.45, 2.75) is 38.8 Å². The van der Waals surface area contributed by atoms with Gasteiger partial charge in [-0.15, -0.1) is 24.0 Å². The summed E-state index contributed by atoms with van der Waals surface area (Å²) in [5.74, 6) is 0.967. The molecule has 0 spiro atoms. The Kier molecular flexibility index (Phi) is 11.1. The molecule has 0 atom stereocenters. The molecule has 3 N–H and O–H groups in total. The summed E-state index contributed by atoms with van der Waals surface area (Å²) >= 11 is 0. The lowest BCUT2D eigenvalue weighted by atomic mass is 10.1. The van der Waals surface area contributed by atoms with Crippen molar-refractivity contribution >= 4 is 41.5 Å². The molecular weight excluding hydrogens is 503 g/mol. The van der Waals surface area contributed by atoms with Gasteiger partial charge in [-0.05, 0) is 37.0 Å². The first-order chi connectivity index (χ1) is 14.7. The van der Waals surface area contributed by atoms with Crippen molar-refractivity contribution in [3.05, 3.63) is 42.0 Å². The monoisotopic (exact) mass is 540 g/mol.